The van der Waals surface area contributed by atoms with E-state index < -0.39 is 47.5 Å². The maximum Gasteiger partial charge on any atom is 0.408 e. The second-order valence-electron chi connectivity index (χ2n) is 11.9. The number of nitrogens with zero attached hydrogens (tertiary/aromatic N) is 2. The molecule has 1 fully saturated rings. The Morgan fingerprint density at radius 1 is 0.955 bits per heavy atom. The number of ether oxygens (including phenoxy) is 2. The summed E-state index contributed by atoms with van der Waals surface area (Å²) in [7, 11) is 1.29. The summed E-state index contributed by atoms with van der Waals surface area (Å²) in [5.74, 6) is -1.81. The zero-order valence-electron chi connectivity index (χ0n) is 25.8. The van der Waals surface area contributed by atoms with Crippen LogP contribution in [0.5, 0.6) is 0 Å². The predicted molar refractivity (Wildman–Crippen MR) is 164 cm³/mol. The van der Waals surface area contributed by atoms with Crippen LogP contribution in [-0.4, -0.2) is 77.6 Å². The van der Waals surface area contributed by atoms with Crippen molar-refractivity contribution in [2.45, 2.75) is 70.7 Å². The topological polar surface area (TPSA) is 105 Å². The molecule has 0 radical (unpaired) electrons. The van der Waals surface area contributed by atoms with Gasteiger partial charge in [0.1, 0.15) is 29.5 Å². The number of benzene rings is 3. The van der Waals surface area contributed by atoms with Crippen molar-refractivity contribution in [2.24, 2.45) is 0 Å². The Morgan fingerprint density at radius 3 is 2.25 bits per heavy atom. The Morgan fingerprint density at radius 2 is 1.61 bits per heavy atom. The van der Waals surface area contributed by atoms with Gasteiger partial charge in [-0.05, 0) is 61.2 Å². The fraction of sp³-hybridized carbons (Fsp3) is 0.412. The summed E-state index contributed by atoms with van der Waals surface area (Å²) in [6.07, 6.45) is -0.172. The van der Waals surface area contributed by atoms with Crippen molar-refractivity contribution in [2.75, 3.05) is 20.2 Å². The van der Waals surface area contributed by atoms with Crippen molar-refractivity contribution in [1.29, 1.82) is 0 Å². The number of alkyl carbamates (subject to hydrolysis) is 1. The van der Waals surface area contributed by atoms with Crippen LogP contribution in [0.4, 0.5) is 9.18 Å². The summed E-state index contributed by atoms with van der Waals surface area (Å²) in [6.45, 7) is 7.17. The molecule has 1 N–H and O–H groups in total. The molecule has 9 nitrogen and oxygen atoms in total. The van der Waals surface area contributed by atoms with Crippen LogP contribution in [0.1, 0.15) is 45.2 Å². The minimum absolute atomic E-state index is 0.0654. The van der Waals surface area contributed by atoms with Crippen LogP contribution in [0.15, 0.2) is 66.7 Å². The predicted octanol–water partition coefficient (Wildman–Crippen LogP) is 4.65. The van der Waals surface area contributed by atoms with Crippen molar-refractivity contribution < 1.29 is 33.0 Å². The second-order valence-corrected chi connectivity index (χ2v) is 11.9. The molecule has 3 atom stereocenters. The molecule has 1 aliphatic heterocycles. The zero-order valence-corrected chi connectivity index (χ0v) is 25.8. The van der Waals surface area contributed by atoms with Gasteiger partial charge in [0, 0.05) is 25.9 Å². The number of halogens is 1. The van der Waals surface area contributed by atoms with E-state index in [1.165, 1.54) is 29.0 Å². The minimum Gasteiger partial charge on any atom is -0.467 e. The molecular weight excluding hydrogens is 565 g/mol. The number of carbonyl (C=O) groups is 4. The lowest BCUT2D eigenvalue weighted by molar-refractivity contribution is -0.162. The van der Waals surface area contributed by atoms with Gasteiger partial charge in [-0.3, -0.25) is 9.59 Å². The minimum atomic E-state index is -1.07. The first kappa shape index (κ1) is 32.4. The number of hydrogen-bond donors (Lipinski definition) is 1. The van der Waals surface area contributed by atoms with Gasteiger partial charge < -0.3 is 24.6 Å². The zero-order chi connectivity index (χ0) is 32.0. The molecule has 0 aliphatic carbocycles. The van der Waals surface area contributed by atoms with E-state index in [1.54, 1.807) is 39.8 Å². The Kier molecular flexibility index (Phi) is 10.2. The van der Waals surface area contributed by atoms with Gasteiger partial charge in [0.15, 0.2) is 0 Å². The van der Waals surface area contributed by atoms with Gasteiger partial charge in [0.05, 0.1) is 7.11 Å². The summed E-state index contributed by atoms with van der Waals surface area (Å²) >= 11 is 0. The second kappa shape index (κ2) is 13.9. The van der Waals surface area contributed by atoms with Crippen LogP contribution in [0, 0.1) is 5.82 Å². The van der Waals surface area contributed by atoms with Gasteiger partial charge >= 0.3 is 12.1 Å². The van der Waals surface area contributed by atoms with Gasteiger partial charge in [-0.15, -0.1) is 0 Å². The molecule has 3 aromatic rings. The van der Waals surface area contributed by atoms with Crippen LogP contribution in [0.2, 0.25) is 0 Å². The van der Waals surface area contributed by atoms with Crippen molar-refractivity contribution >= 4 is 34.6 Å². The highest BCUT2D eigenvalue weighted by atomic mass is 19.1. The maximum absolute atomic E-state index is 14.0. The smallest absolute Gasteiger partial charge is 0.408 e. The van der Waals surface area contributed by atoms with E-state index in [0.29, 0.717) is 12.0 Å². The fourth-order valence-corrected chi connectivity index (χ4v) is 5.53. The van der Waals surface area contributed by atoms with E-state index in [0.717, 1.165) is 16.3 Å². The standard InChI is InChI=1S/C34H40FN3O6/c1-6-28-31(40)38(29(32(41)43-5)21-23-11-14-24-9-7-8-10-25(24)19-23)18-17-37(28)30(39)27(36-33(42)44-34(2,3)4)20-22-12-15-26(35)16-13-22/h7-16,19,27-29H,6,17-18,20-21H2,1-5H3,(H,36,42)/t27-,28+,29+/m1/s1. The quantitative estimate of drug-likeness (QED) is 0.356. The molecule has 1 aliphatic rings. The van der Waals surface area contributed by atoms with E-state index in [9.17, 15) is 23.6 Å². The monoisotopic (exact) mass is 605 g/mol. The lowest BCUT2D eigenvalue weighted by atomic mass is 9.97. The van der Waals surface area contributed by atoms with Gasteiger partial charge in [0.2, 0.25) is 11.8 Å². The van der Waals surface area contributed by atoms with Crippen molar-refractivity contribution in [3.63, 3.8) is 0 Å². The highest BCUT2D eigenvalue weighted by molar-refractivity contribution is 5.94. The highest BCUT2D eigenvalue weighted by Crippen LogP contribution is 2.24. The van der Waals surface area contributed by atoms with E-state index in [4.69, 9.17) is 9.47 Å². The molecule has 0 bridgehead atoms. The van der Waals surface area contributed by atoms with E-state index in [2.05, 4.69) is 5.32 Å². The highest BCUT2D eigenvalue weighted by Gasteiger charge is 2.43. The molecule has 234 valence electrons. The number of carbonyl (C=O) groups excluding carboxylic acids is 4. The van der Waals surface area contributed by atoms with Crippen LogP contribution in [0.3, 0.4) is 0 Å². The number of esters is 1. The first-order chi connectivity index (χ1) is 20.9. The van der Waals surface area contributed by atoms with Crippen LogP contribution >= 0.6 is 0 Å². The summed E-state index contributed by atoms with van der Waals surface area (Å²) in [6, 6.07) is 16.6. The molecule has 0 unspecified atom stereocenters. The summed E-state index contributed by atoms with van der Waals surface area (Å²) in [4.78, 5) is 56.6. The molecule has 0 aromatic heterocycles. The molecular formula is C34H40FN3O6. The molecule has 3 amide bonds. The lowest BCUT2D eigenvalue weighted by Gasteiger charge is -2.43. The largest absolute Gasteiger partial charge is 0.467 e. The van der Waals surface area contributed by atoms with Crippen LogP contribution in [-0.2, 0) is 36.7 Å². The average molecular weight is 606 g/mol. The SMILES string of the molecule is CC[C@H]1C(=O)N([C@@H](Cc2ccc3ccccc3c2)C(=O)OC)CCN1C(=O)[C@@H](Cc1ccc(F)cc1)NC(=O)OC(C)(C)C. The molecule has 0 saturated carbocycles. The molecule has 44 heavy (non-hydrogen) atoms. The summed E-state index contributed by atoms with van der Waals surface area (Å²) in [5.41, 5.74) is 0.703. The number of nitrogens with one attached hydrogen (secondary N) is 1. The average Bonchev–Trinajstić information content (AvgIpc) is 2.99. The van der Waals surface area contributed by atoms with E-state index in [1.807, 2.05) is 42.5 Å². The van der Waals surface area contributed by atoms with Crippen LogP contribution < -0.4 is 5.32 Å². The maximum atomic E-state index is 14.0. The Balaban J connectivity index is 1.57. The van der Waals surface area contributed by atoms with Crippen molar-refractivity contribution in [1.82, 2.24) is 15.1 Å². The number of methoxy groups -OCH3 is 1. The molecule has 0 spiro atoms. The first-order valence-electron chi connectivity index (χ1n) is 14.8. The van der Waals surface area contributed by atoms with Gasteiger partial charge in [-0.2, -0.15) is 0 Å². The normalized spacial score (nSPS) is 16.8. The number of hydrogen-bond acceptors (Lipinski definition) is 6. The third kappa shape index (κ3) is 7.92. The lowest BCUT2D eigenvalue weighted by Crippen LogP contribution is -2.65. The third-order valence-corrected chi connectivity index (χ3v) is 7.63. The number of piperazine rings is 1. The Bertz CT molecular complexity index is 1500. The summed E-state index contributed by atoms with van der Waals surface area (Å²) < 4.78 is 24.1. The summed E-state index contributed by atoms with van der Waals surface area (Å²) in [5, 5.41) is 4.74. The van der Waals surface area contributed by atoms with Gasteiger partial charge in [-0.1, -0.05) is 61.5 Å². The van der Waals surface area contributed by atoms with Crippen molar-refractivity contribution in [3.8, 4) is 0 Å². The van der Waals surface area contributed by atoms with Crippen LogP contribution in [0.25, 0.3) is 10.8 Å². The molecule has 1 saturated heterocycles. The van der Waals surface area contributed by atoms with Crippen molar-refractivity contribution in [3.05, 3.63) is 83.7 Å². The van der Waals surface area contributed by atoms with E-state index >= 15 is 0 Å². The molecule has 1 heterocycles. The Labute approximate surface area is 257 Å². The van der Waals surface area contributed by atoms with E-state index in [-0.39, 0.29) is 31.8 Å². The Hall–Kier alpha value is -4.47. The number of amides is 3. The molecule has 10 heteroatoms. The first-order valence-corrected chi connectivity index (χ1v) is 14.8. The van der Waals surface area contributed by atoms with Gasteiger partial charge in [-0.25, -0.2) is 14.0 Å². The number of rotatable bonds is 9. The number of fused-ring (bicyclic) bond motifs is 1. The van der Waals surface area contributed by atoms with Gasteiger partial charge in [0.25, 0.3) is 0 Å². The molecule has 4 rings (SSSR count). The third-order valence-electron chi connectivity index (χ3n) is 7.63. The molecule has 3 aromatic carbocycles. The fourth-order valence-electron chi connectivity index (χ4n) is 5.53.